The van der Waals surface area contributed by atoms with Gasteiger partial charge >= 0.3 is 5.97 Å². The fourth-order valence-corrected chi connectivity index (χ4v) is 4.51. The summed E-state index contributed by atoms with van der Waals surface area (Å²) in [5.74, 6) is -1.43. The Balaban J connectivity index is 1.57. The summed E-state index contributed by atoms with van der Waals surface area (Å²) in [5, 5.41) is 0. The van der Waals surface area contributed by atoms with Gasteiger partial charge in [-0.3, -0.25) is 4.79 Å². The molecule has 0 unspecified atom stereocenters. The minimum Gasteiger partial charge on any atom is -0.461 e. The number of carbonyl (C=O) groups excluding carboxylic acids is 1. The summed E-state index contributed by atoms with van der Waals surface area (Å²) in [6.07, 6.45) is 0.725. The van der Waals surface area contributed by atoms with Crippen molar-refractivity contribution in [1.29, 1.82) is 0 Å². The third kappa shape index (κ3) is 4.11. The molecule has 0 spiro atoms. The highest BCUT2D eigenvalue weighted by molar-refractivity contribution is 7.89. The highest BCUT2D eigenvalue weighted by atomic mass is 32.2. The first-order valence-corrected chi connectivity index (χ1v) is 9.88. The largest absolute Gasteiger partial charge is 0.461 e. The fraction of sp³-hybridized carbons (Fsp3) is 0.316. The van der Waals surface area contributed by atoms with Gasteiger partial charge < -0.3 is 4.74 Å². The molecule has 26 heavy (non-hydrogen) atoms. The lowest BCUT2D eigenvalue weighted by molar-refractivity contribution is -0.151. The van der Waals surface area contributed by atoms with Gasteiger partial charge in [0.2, 0.25) is 10.0 Å². The van der Waals surface area contributed by atoms with Crippen molar-refractivity contribution in [2.45, 2.75) is 24.3 Å². The molecule has 1 heterocycles. The molecule has 7 heteroatoms. The Bertz CT molecular complexity index is 862. The van der Waals surface area contributed by atoms with Crippen molar-refractivity contribution in [2.75, 3.05) is 13.1 Å². The van der Waals surface area contributed by atoms with E-state index in [2.05, 4.69) is 0 Å². The molecule has 3 rings (SSSR count). The average molecular weight is 377 g/mol. The van der Waals surface area contributed by atoms with E-state index in [0.717, 1.165) is 11.6 Å². The zero-order valence-corrected chi connectivity index (χ0v) is 15.0. The van der Waals surface area contributed by atoms with Crippen LogP contribution in [0.3, 0.4) is 0 Å². The predicted octanol–water partition coefficient (Wildman–Crippen LogP) is 2.97. The van der Waals surface area contributed by atoms with E-state index in [9.17, 15) is 17.6 Å². The van der Waals surface area contributed by atoms with Crippen LogP contribution < -0.4 is 0 Å². The van der Waals surface area contributed by atoms with Crippen molar-refractivity contribution in [3.8, 4) is 0 Å². The number of hydrogen-bond donors (Lipinski definition) is 0. The summed E-state index contributed by atoms with van der Waals surface area (Å²) in [6, 6.07) is 14.7. The third-order valence-electron chi connectivity index (χ3n) is 4.47. The lowest BCUT2D eigenvalue weighted by Gasteiger charge is -2.30. The first-order valence-electron chi connectivity index (χ1n) is 8.44. The van der Waals surface area contributed by atoms with Gasteiger partial charge in [-0.2, -0.15) is 4.31 Å². The second-order valence-electron chi connectivity index (χ2n) is 6.20. The number of sulfonamides is 1. The Kier molecular flexibility index (Phi) is 5.68. The second-order valence-corrected chi connectivity index (χ2v) is 8.11. The van der Waals surface area contributed by atoms with Crippen molar-refractivity contribution < 1.29 is 22.3 Å². The molecule has 1 aliphatic heterocycles. The zero-order chi connectivity index (χ0) is 18.6. The van der Waals surface area contributed by atoms with Crippen molar-refractivity contribution in [3.05, 3.63) is 66.0 Å². The molecule has 0 N–H and O–H groups in total. The van der Waals surface area contributed by atoms with Crippen LogP contribution in [-0.4, -0.2) is 31.8 Å². The van der Waals surface area contributed by atoms with Crippen LogP contribution in [0.25, 0.3) is 0 Å². The Morgan fingerprint density at radius 2 is 1.65 bits per heavy atom. The predicted molar refractivity (Wildman–Crippen MR) is 94.1 cm³/mol. The summed E-state index contributed by atoms with van der Waals surface area (Å²) in [4.78, 5) is 11.9. The van der Waals surface area contributed by atoms with Crippen LogP contribution in [0.4, 0.5) is 4.39 Å². The molecule has 0 aliphatic carbocycles. The number of carbonyl (C=O) groups is 1. The fourth-order valence-electron chi connectivity index (χ4n) is 2.97. The van der Waals surface area contributed by atoms with Crippen LogP contribution in [0.1, 0.15) is 18.4 Å². The van der Waals surface area contributed by atoms with Crippen LogP contribution in [0.15, 0.2) is 59.5 Å². The molecule has 0 aromatic heterocycles. The number of hydrogen-bond acceptors (Lipinski definition) is 4. The lowest BCUT2D eigenvalue weighted by Crippen LogP contribution is -2.40. The Morgan fingerprint density at radius 1 is 1.04 bits per heavy atom. The summed E-state index contributed by atoms with van der Waals surface area (Å²) in [5.41, 5.74) is 0.903. The molecule has 1 aliphatic rings. The summed E-state index contributed by atoms with van der Waals surface area (Å²) in [6.45, 7) is 0.539. The number of esters is 1. The zero-order valence-electron chi connectivity index (χ0n) is 14.2. The molecule has 0 atom stereocenters. The normalized spacial score (nSPS) is 16.3. The van der Waals surface area contributed by atoms with E-state index in [1.807, 2.05) is 30.3 Å². The maximum Gasteiger partial charge on any atom is 0.309 e. The Hall–Kier alpha value is -2.25. The highest BCUT2D eigenvalue weighted by Gasteiger charge is 2.33. The minimum absolute atomic E-state index is 0.168. The summed E-state index contributed by atoms with van der Waals surface area (Å²) < 4.78 is 45.5. The summed E-state index contributed by atoms with van der Waals surface area (Å²) >= 11 is 0. The molecule has 0 amide bonds. The maximum absolute atomic E-state index is 13.8. The van der Waals surface area contributed by atoms with Crippen molar-refractivity contribution in [3.63, 3.8) is 0 Å². The molecule has 2 aromatic carbocycles. The van der Waals surface area contributed by atoms with Gasteiger partial charge in [0, 0.05) is 13.1 Å². The van der Waals surface area contributed by atoms with Crippen molar-refractivity contribution in [1.82, 2.24) is 4.31 Å². The molecular formula is C19H20FNO4S. The average Bonchev–Trinajstić information content (AvgIpc) is 2.67. The van der Waals surface area contributed by atoms with Gasteiger partial charge in [-0.05, 0) is 30.5 Å². The van der Waals surface area contributed by atoms with Gasteiger partial charge in [-0.15, -0.1) is 0 Å². The Labute approximate surface area is 152 Å². The number of ether oxygens (including phenoxy) is 1. The lowest BCUT2D eigenvalue weighted by atomic mass is 9.98. The monoisotopic (exact) mass is 377 g/mol. The number of nitrogens with zero attached hydrogens (tertiary/aromatic N) is 1. The van der Waals surface area contributed by atoms with Gasteiger partial charge in [-0.25, -0.2) is 12.8 Å². The SMILES string of the molecule is O=C(OCc1ccccc1)C1CCN(S(=O)(=O)c2ccccc2F)CC1. The Morgan fingerprint density at radius 3 is 2.31 bits per heavy atom. The smallest absolute Gasteiger partial charge is 0.309 e. The molecule has 0 saturated carbocycles. The van der Waals surface area contributed by atoms with Crippen LogP contribution in [0, 0.1) is 11.7 Å². The first kappa shape index (κ1) is 18.5. The molecule has 138 valence electrons. The number of halogens is 1. The van der Waals surface area contributed by atoms with E-state index >= 15 is 0 Å². The molecule has 5 nitrogen and oxygen atoms in total. The summed E-state index contributed by atoms with van der Waals surface area (Å²) in [7, 11) is -3.89. The van der Waals surface area contributed by atoms with E-state index in [1.165, 1.54) is 22.5 Å². The van der Waals surface area contributed by atoms with Crippen molar-refractivity contribution in [2.24, 2.45) is 5.92 Å². The van der Waals surface area contributed by atoms with Gasteiger partial charge in [0.25, 0.3) is 0 Å². The third-order valence-corrected chi connectivity index (χ3v) is 6.40. The van der Waals surface area contributed by atoms with E-state index < -0.39 is 15.8 Å². The highest BCUT2D eigenvalue weighted by Crippen LogP contribution is 2.26. The van der Waals surface area contributed by atoms with Crippen molar-refractivity contribution >= 4 is 16.0 Å². The molecule has 0 radical (unpaired) electrons. The van der Waals surface area contributed by atoms with Crippen LogP contribution in [0.5, 0.6) is 0 Å². The minimum atomic E-state index is -3.89. The number of piperidine rings is 1. The second kappa shape index (κ2) is 7.97. The van der Waals surface area contributed by atoms with E-state index in [0.29, 0.717) is 12.8 Å². The quantitative estimate of drug-likeness (QED) is 0.752. The number of rotatable bonds is 5. The van der Waals surface area contributed by atoms with E-state index in [1.54, 1.807) is 0 Å². The van der Waals surface area contributed by atoms with Gasteiger partial charge in [0.15, 0.2) is 0 Å². The van der Waals surface area contributed by atoms with Gasteiger partial charge in [-0.1, -0.05) is 42.5 Å². The van der Waals surface area contributed by atoms with Crippen LogP contribution >= 0.6 is 0 Å². The van der Waals surface area contributed by atoms with E-state index in [4.69, 9.17) is 4.74 Å². The number of benzene rings is 2. The van der Waals surface area contributed by atoms with Crippen LogP contribution in [-0.2, 0) is 26.2 Å². The molecular weight excluding hydrogens is 357 g/mol. The maximum atomic E-state index is 13.8. The van der Waals surface area contributed by atoms with Gasteiger partial charge in [0.1, 0.15) is 17.3 Å². The van der Waals surface area contributed by atoms with Crippen LogP contribution in [0.2, 0.25) is 0 Å². The first-order chi connectivity index (χ1) is 12.5. The van der Waals surface area contributed by atoms with Gasteiger partial charge in [0.05, 0.1) is 5.92 Å². The molecule has 0 bridgehead atoms. The van der Waals surface area contributed by atoms with E-state index in [-0.39, 0.29) is 36.5 Å². The molecule has 1 saturated heterocycles. The topological polar surface area (TPSA) is 63.7 Å². The molecule has 1 fully saturated rings. The molecule has 2 aromatic rings. The standard InChI is InChI=1S/C19H20FNO4S/c20-17-8-4-5-9-18(17)26(23,24)21-12-10-16(11-13-21)19(22)25-14-15-6-2-1-3-7-15/h1-9,16H,10-14H2.